The van der Waals surface area contributed by atoms with E-state index in [1.54, 1.807) is 14.2 Å². The molecular formula is C21H33N3O3. The van der Waals surface area contributed by atoms with Crippen LogP contribution in [0.4, 0.5) is 4.79 Å². The van der Waals surface area contributed by atoms with E-state index in [0.717, 1.165) is 43.0 Å². The third-order valence-corrected chi connectivity index (χ3v) is 5.77. The summed E-state index contributed by atoms with van der Waals surface area (Å²) < 4.78 is 10.8. The molecule has 1 aliphatic heterocycles. The Morgan fingerprint density at radius 1 is 1.07 bits per heavy atom. The second-order valence-corrected chi connectivity index (χ2v) is 7.56. The van der Waals surface area contributed by atoms with Crippen molar-refractivity contribution in [1.29, 1.82) is 0 Å². The fourth-order valence-electron chi connectivity index (χ4n) is 4.24. The number of amides is 2. The van der Waals surface area contributed by atoms with Gasteiger partial charge in [0.25, 0.3) is 0 Å². The van der Waals surface area contributed by atoms with Gasteiger partial charge in [-0.3, -0.25) is 4.90 Å². The quantitative estimate of drug-likeness (QED) is 0.766. The zero-order chi connectivity index (χ0) is 19.1. The Balaban J connectivity index is 1.65. The zero-order valence-corrected chi connectivity index (χ0v) is 16.6. The number of urea groups is 1. The van der Waals surface area contributed by atoms with Crippen molar-refractivity contribution in [2.75, 3.05) is 33.9 Å². The molecule has 0 aromatic heterocycles. The van der Waals surface area contributed by atoms with Crippen molar-refractivity contribution in [3.05, 3.63) is 23.8 Å². The van der Waals surface area contributed by atoms with E-state index < -0.39 is 0 Å². The highest BCUT2D eigenvalue weighted by Crippen LogP contribution is 2.33. The van der Waals surface area contributed by atoms with Gasteiger partial charge >= 0.3 is 6.03 Å². The first kappa shape index (κ1) is 19.8. The van der Waals surface area contributed by atoms with Crippen molar-refractivity contribution in [2.24, 2.45) is 0 Å². The molecule has 1 saturated carbocycles. The topological polar surface area (TPSA) is 62.8 Å². The molecule has 3 rings (SSSR count). The molecule has 150 valence electrons. The number of likely N-dealkylation sites (tertiary alicyclic amines) is 1. The van der Waals surface area contributed by atoms with Crippen molar-refractivity contribution < 1.29 is 14.3 Å². The van der Waals surface area contributed by atoms with Crippen molar-refractivity contribution in [3.8, 4) is 11.5 Å². The van der Waals surface area contributed by atoms with Crippen molar-refractivity contribution in [1.82, 2.24) is 15.5 Å². The average Bonchev–Trinajstić information content (AvgIpc) is 3.23. The van der Waals surface area contributed by atoms with Crippen LogP contribution in [-0.4, -0.2) is 50.8 Å². The Morgan fingerprint density at radius 2 is 1.78 bits per heavy atom. The van der Waals surface area contributed by atoms with Crippen molar-refractivity contribution in [3.63, 3.8) is 0 Å². The molecule has 0 radical (unpaired) electrons. The Kier molecular flexibility index (Phi) is 7.21. The van der Waals surface area contributed by atoms with Gasteiger partial charge in [-0.25, -0.2) is 4.79 Å². The highest BCUT2D eigenvalue weighted by atomic mass is 16.5. The molecule has 1 heterocycles. The molecule has 2 fully saturated rings. The molecule has 1 unspecified atom stereocenters. The average molecular weight is 376 g/mol. The number of rotatable bonds is 7. The molecular weight excluding hydrogens is 342 g/mol. The lowest BCUT2D eigenvalue weighted by atomic mass is 9.96. The Labute approximate surface area is 162 Å². The van der Waals surface area contributed by atoms with Gasteiger partial charge in [-0.05, 0) is 56.5 Å². The Bertz CT molecular complexity index is 611. The lowest BCUT2D eigenvalue weighted by Crippen LogP contribution is -2.45. The van der Waals surface area contributed by atoms with E-state index in [9.17, 15) is 4.79 Å². The van der Waals surface area contributed by atoms with Crippen LogP contribution < -0.4 is 20.1 Å². The van der Waals surface area contributed by atoms with Crippen LogP contribution in [0, 0.1) is 0 Å². The summed E-state index contributed by atoms with van der Waals surface area (Å²) in [5.74, 6) is 1.45. The van der Waals surface area contributed by atoms with E-state index in [1.807, 2.05) is 12.1 Å². The van der Waals surface area contributed by atoms with E-state index in [4.69, 9.17) is 9.47 Å². The minimum Gasteiger partial charge on any atom is -0.493 e. The highest BCUT2D eigenvalue weighted by molar-refractivity contribution is 5.74. The first-order valence-electron chi connectivity index (χ1n) is 10.2. The Morgan fingerprint density at radius 3 is 2.44 bits per heavy atom. The smallest absolute Gasteiger partial charge is 0.315 e. The molecule has 6 nitrogen and oxygen atoms in total. The molecule has 27 heavy (non-hydrogen) atoms. The Hall–Kier alpha value is -1.95. The third kappa shape index (κ3) is 5.28. The van der Waals surface area contributed by atoms with Crippen LogP contribution in [0.1, 0.15) is 56.6 Å². The summed E-state index contributed by atoms with van der Waals surface area (Å²) in [4.78, 5) is 14.8. The van der Waals surface area contributed by atoms with E-state index >= 15 is 0 Å². The van der Waals surface area contributed by atoms with Crippen molar-refractivity contribution >= 4 is 6.03 Å². The predicted octanol–water partition coefficient (Wildman–Crippen LogP) is 3.47. The molecule has 1 aromatic rings. The summed E-state index contributed by atoms with van der Waals surface area (Å²) in [7, 11) is 3.30. The maximum Gasteiger partial charge on any atom is 0.315 e. The van der Waals surface area contributed by atoms with Gasteiger partial charge in [0.15, 0.2) is 11.5 Å². The maximum atomic E-state index is 12.4. The van der Waals surface area contributed by atoms with Crippen LogP contribution in [0.2, 0.25) is 0 Å². The lowest BCUT2D eigenvalue weighted by Gasteiger charge is -2.29. The molecule has 2 amide bonds. The van der Waals surface area contributed by atoms with Crippen LogP contribution in [-0.2, 0) is 0 Å². The van der Waals surface area contributed by atoms with Crippen LogP contribution >= 0.6 is 0 Å². The fourth-order valence-corrected chi connectivity index (χ4v) is 4.24. The number of hydrogen-bond donors (Lipinski definition) is 2. The van der Waals surface area contributed by atoms with Gasteiger partial charge in [0.2, 0.25) is 0 Å². The fraction of sp³-hybridized carbons (Fsp3) is 0.667. The van der Waals surface area contributed by atoms with E-state index in [0.29, 0.717) is 12.6 Å². The van der Waals surface area contributed by atoms with Crippen LogP contribution in [0.25, 0.3) is 0 Å². The van der Waals surface area contributed by atoms with Crippen molar-refractivity contribution in [2.45, 2.75) is 57.0 Å². The number of carbonyl (C=O) groups is 1. The number of methoxy groups -OCH3 is 2. The molecule has 1 saturated heterocycles. The largest absolute Gasteiger partial charge is 0.493 e. The standard InChI is InChI=1S/C21H33N3O3/c1-26-19-11-10-16(14-20(19)27-2)18(24-12-6-7-13-24)15-22-21(25)23-17-8-4-3-5-9-17/h10-11,14,17-18H,3-9,12-13,15H2,1-2H3,(H2,22,23,25). The monoisotopic (exact) mass is 375 g/mol. The van der Waals surface area contributed by atoms with E-state index in [-0.39, 0.29) is 12.1 Å². The molecule has 6 heteroatoms. The van der Waals surface area contributed by atoms with Crippen LogP contribution in [0.15, 0.2) is 18.2 Å². The third-order valence-electron chi connectivity index (χ3n) is 5.77. The summed E-state index contributed by atoms with van der Waals surface area (Å²) in [6, 6.07) is 6.47. The van der Waals surface area contributed by atoms with Crippen LogP contribution in [0.5, 0.6) is 11.5 Å². The normalized spacial score (nSPS) is 19.5. The highest BCUT2D eigenvalue weighted by Gasteiger charge is 2.25. The molecule has 0 bridgehead atoms. The lowest BCUT2D eigenvalue weighted by molar-refractivity contribution is 0.215. The van der Waals surface area contributed by atoms with Gasteiger partial charge in [-0.1, -0.05) is 25.3 Å². The molecule has 2 aliphatic rings. The summed E-state index contributed by atoms with van der Waals surface area (Å²) >= 11 is 0. The van der Waals surface area contributed by atoms with E-state index in [2.05, 4.69) is 21.6 Å². The molecule has 0 spiro atoms. The van der Waals surface area contributed by atoms with Crippen LogP contribution in [0.3, 0.4) is 0 Å². The molecule has 1 atom stereocenters. The van der Waals surface area contributed by atoms with Gasteiger partial charge in [0.05, 0.1) is 20.3 Å². The SMILES string of the molecule is COc1ccc(C(CNC(=O)NC2CCCCC2)N2CCCC2)cc1OC. The maximum absolute atomic E-state index is 12.4. The van der Waals surface area contributed by atoms with Gasteiger partial charge in [0, 0.05) is 12.6 Å². The summed E-state index contributed by atoms with van der Waals surface area (Å²) in [5.41, 5.74) is 1.15. The first-order chi connectivity index (χ1) is 13.2. The number of nitrogens with one attached hydrogen (secondary N) is 2. The van der Waals surface area contributed by atoms with Gasteiger partial charge < -0.3 is 20.1 Å². The second-order valence-electron chi connectivity index (χ2n) is 7.56. The van der Waals surface area contributed by atoms with E-state index in [1.165, 1.54) is 32.1 Å². The number of benzene rings is 1. The predicted molar refractivity (Wildman–Crippen MR) is 107 cm³/mol. The minimum absolute atomic E-state index is 0.0495. The van der Waals surface area contributed by atoms with Gasteiger partial charge in [-0.15, -0.1) is 0 Å². The molecule has 1 aliphatic carbocycles. The summed E-state index contributed by atoms with van der Waals surface area (Å²) in [6.07, 6.45) is 8.32. The van der Waals surface area contributed by atoms with Gasteiger partial charge in [0.1, 0.15) is 0 Å². The first-order valence-corrected chi connectivity index (χ1v) is 10.2. The number of nitrogens with zero attached hydrogens (tertiary/aromatic N) is 1. The summed E-state index contributed by atoms with van der Waals surface area (Å²) in [5, 5.41) is 6.25. The number of ether oxygens (including phenoxy) is 2. The minimum atomic E-state index is -0.0495. The summed E-state index contributed by atoms with van der Waals surface area (Å²) in [6.45, 7) is 2.71. The van der Waals surface area contributed by atoms with Gasteiger partial charge in [-0.2, -0.15) is 0 Å². The molecule has 1 aromatic carbocycles. The number of carbonyl (C=O) groups excluding carboxylic acids is 1. The molecule has 2 N–H and O–H groups in total. The number of hydrogen-bond acceptors (Lipinski definition) is 4. The zero-order valence-electron chi connectivity index (χ0n) is 16.6. The second kappa shape index (κ2) is 9.83.